The van der Waals surface area contributed by atoms with Crippen molar-refractivity contribution in [2.24, 2.45) is 0 Å². The topological polar surface area (TPSA) is 58.2 Å². The molecule has 1 aromatic heterocycles. The molecule has 1 aliphatic rings. The van der Waals surface area contributed by atoms with Crippen molar-refractivity contribution in [3.05, 3.63) is 57.5 Å². The highest BCUT2D eigenvalue weighted by molar-refractivity contribution is 5.29. The normalized spacial score (nSPS) is 18.3. The summed E-state index contributed by atoms with van der Waals surface area (Å²) in [5.74, 6) is 1.36. The maximum Gasteiger partial charge on any atom is 0.251 e. The number of H-pyrrole nitrogens is 1. The van der Waals surface area contributed by atoms with Gasteiger partial charge in [-0.25, -0.2) is 9.37 Å². The van der Waals surface area contributed by atoms with Crippen LogP contribution in [-0.4, -0.2) is 35.1 Å². The summed E-state index contributed by atoms with van der Waals surface area (Å²) in [4.78, 5) is 21.5. The molecule has 1 atom stereocenters. The van der Waals surface area contributed by atoms with E-state index in [1.165, 1.54) is 6.07 Å². The molecule has 1 aliphatic heterocycles. The highest BCUT2D eigenvalue weighted by Crippen LogP contribution is 2.26. The number of aromatic nitrogens is 2. The molecule has 0 unspecified atom stereocenters. The minimum Gasteiger partial charge on any atom is -0.497 e. The molecular weight excluding hydrogens is 321 g/mol. The second-order valence-corrected chi connectivity index (χ2v) is 6.51. The summed E-state index contributed by atoms with van der Waals surface area (Å²) >= 11 is 0. The van der Waals surface area contributed by atoms with Crippen LogP contribution in [0.15, 0.2) is 29.1 Å². The van der Waals surface area contributed by atoms with Gasteiger partial charge in [0.1, 0.15) is 17.4 Å². The van der Waals surface area contributed by atoms with Crippen molar-refractivity contribution in [1.29, 1.82) is 0 Å². The minimum absolute atomic E-state index is 0.0992. The summed E-state index contributed by atoms with van der Waals surface area (Å²) in [5.41, 5.74) is 1.34. The molecule has 1 fully saturated rings. The minimum atomic E-state index is -0.220. The van der Waals surface area contributed by atoms with Crippen LogP contribution in [0, 0.1) is 5.82 Å². The molecule has 3 rings (SSSR count). The lowest BCUT2D eigenvalue weighted by atomic mass is 9.96. The van der Waals surface area contributed by atoms with Crippen LogP contribution in [0.3, 0.4) is 0 Å². The lowest BCUT2D eigenvalue weighted by Gasteiger charge is -2.32. The summed E-state index contributed by atoms with van der Waals surface area (Å²) in [6.45, 7) is 4.18. The van der Waals surface area contributed by atoms with Gasteiger partial charge in [-0.15, -0.1) is 0 Å². The van der Waals surface area contributed by atoms with Gasteiger partial charge in [0.2, 0.25) is 0 Å². The van der Waals surface area contributed by atoms with E-state index in [1.54, 1.807) is 25.3 Å². The fourth-order valence-electron chi connectivity index (χ4n) is 3.37. The number of ether oxygens (including phenoxy) is 1. The SMILES string of the molecule is CCc1cc(=O)[nH]c([C@H]2CCCN(Cc3cc(OC)ccc3F)C2)n1. The van der Waals surface area contributed by atoms with E-state index >= 15 is 0 Å². The summed E-state index contributed by atoms with van der Waals surface area (Å²) in [6.07, 6.45) is 2.71. The molecule has 1 aromatic carbocycles. The number of hydrogen-bond donors (Lipinski definition) is 1. The average molecular weight is 345 g/mol. The van der Waals surface area contributed by atoms with Crippen LogP contribution in [0.4, 0.5) is 4.39 Å². The summed E-state index contributed by atoms with van der Waals surface area (Å²) in [7, 11) is 1.58. The zero-order valence-electron chi connectivity index (χ0n) is 14.7. The van der Waals surface area contributed by atoms with Crippen LogP contribution < -0.4 is 10.3 Å². The van der Waals surface area contributed by atoms with Crippen LogP contribution in [0.2, 0.25) is 0 Å². The van der Waals surface area contributed by atoms with Crippen molar-refractivity contribution in [3.63, 3.8) is 0 Å². The largest absolute Gasteiger partial charge is 0.497 e. The predicted octanol–water partition coefficient (Wildman–Crippen LogP) is 2.86. The number of hydrogen-bond acceptors (Lipinski definition) is 4. The Balaban J connectivity index is 1.75. The van der Waals surface area contributed by atoms with Crippen LogP contribution in [0.25, 0.3) is 0 Å². The molecule has 1 saturated heterocycles. The van der Waals surface area contributed by atoms with Crippen LogP contribution >= 0.6 is 0 Å². The number of rotatable bonds is 5. The maximum absolute atomic E-state index is 14.1. The van der Waals surface area contributed by atoms with Gasteiger partial charge >= 0.3 is 0 Å². The molecule has 5 nitrogen and oxygen atoms in total. The van der Waals surface area contributed by atoms with Crippen LogP contribution in [0.5, 0.6) is 5.75 Å². The van der Waals surface area contributed by atoms with Crippen molar-refractivity contribution in [3.8, 4) is 5.75 Å². The molecular formula is C19H24FN3O2. The third-order valence-electron chi connectivity index (χ3n) is 4.71. The van der Waals surface area contributed by atoms with Gasteiger partial charge in [-0.05, 0) is 44.0 Å². The molecule has 6 heteroatoms. The number of aryl methyl sites for hydroxylation is 1. The molecule has 2 aromatic rings. The lowest BCUT2D eigenvalue weighted by Crippen LogP contribution is -2.35. The average Bonchev–Trinajstić information content (AvgIpc) is 2.63. The Morgan fingerprint density at radius 3 is 3.00 bits per heavy atom. The van der Waals surface area contributed by atoms with Gasteiger partial charge in [0.25, 0.3) is 5.56 Å². The van der Waals surface area contributed by atoms with E-state index < -0.39 is 0 Å². The van der Waals surface area contributed by atoms with Gasteiger partial charge < -0.3 is 9.72 Å². The Hall–Kier alpha value is -2.21. The quantitative estimate of drug-likeness (QED) is 0.905. The monoisotopic (exact) mass is 345 g/mol. The smallest absolute Gasteiger partial charge is 0.251 e. The Labute approximate surface area is 146 Å². The lowest BCUT2D eigenvalue weighted by molar-refractivity contribution is 0.194. The molecule has 0 radical (unpaired) electrons. The molecule has 2 heterocycles. The fourth-order valence-corrected chi connectivity index (χ4v) is 3.37. The van der Waals surface area contributed by atoms with Gasteiger partial charge in [0, 0.05) is 36.3 Å². The van der Waals surface area contributed by atoms with Crippen molar-refractivity contribution in [1.82, 2.24) is 14.9 Å². The molecule has 25 heavy (non-hydrogen) atoms. The molecule has 0 bridgehead atoms. The molecule has 0 spiro atoms. The number of likely N-dealkylation sites (tertiary alicyclic amines) is 1. The third kappa shape index (κ3) is 4.25. The van der Waals surface area contributed by atoms with Crippen molar-refractivity contribution in [2.45, 2.75) is 38.6 Å². The third-order valence-corrected chi connectivity index (χ3v) is 4.71. The van der Waals surface area contributed by atoms with E-state index in [2.05, 4.69) is 14.9 Å². The molecule has 0 aliphatic carbocycles. The fraction of sp³-hybridized carbons (Fsp3) is 0.474. The Morgan fingerprint density at radius 2 is 2.24 bits per heavy atom. The van der Waals surface area contributed by atoms with Crippen molar-refractivity contribution < 1.29 is 9.13 Å². The first-order chi connectivity index (χ1) is 12.1. The summed E-state index contributed by atoms with van der Waals surface area (Å²) in [6, 6.07) is 6.37. The van der Waals surface area contributed by atoms with E-state index in [9.17, 15) is 9.18 Å². The molecule has 0 saturated carbocycles. The number of methoxy groups -OCH3 is 1. The van der Waals surface area contributed by atoms with E-state index in [-0.39, 0.29) is 17.3 Å². The van der Waals surface area contributed by atoms with Gasteiger partial charge in [-0.3, -0.25) is 9.69 Å². The van der Waals surface area contributed by atoms with Crippen LogP contribution in [-0.2, 0) is 13.0 Å². The van der Waals surface area contributed by atoms with Crippen LogP contribution in [0.1, 0.15) is 42.8 Å². The van der Waals surface area contributed by atoms with Gasteiger partial charge in [0.05, 0.1) is 7.11 Å². The summed E-state index contributed by atoms with van der Waals surface area (Å²) < 4.78 is 19.3. The number of nitrogens with one attached hydrogen (secondary N) is 1. The predicted molar refractivity (Wildman–Crippen MR) is 94.4 cm³/mol. The van der Waals surface area contributed by atoms with E-state index in [0.717, 1.165) is 43.9 Å². The Bertz CT molecular complexity index is 790. The van der Waals surface area contributed by atoms with Gasteiger partial charge in [-0.2, -0.15) is 0 Å². The number of nitrogens with zero attached hydrogens (tertiary/aromatic N) is 2. The zero-order valence-corrected chi connectivity index (χ0v) is 14.7. The number of piperidine rings is 1. The second kappa shape index (κ2) is 7.78. The standard InChI is InChI=1S/C19H24FN3O2/c1-3-15-10-18(24)22-19(21-15)13-5-4-8-23(11-13)12-14-9-16(25-2)6-7-17(14)20/h6-7,9-10,13H,3-5,8,11-12H2,1-2H3,(H,21,22,24)/t13-/m0/s1. The highest BCUT2D eigenvalue weighted by atomic mass is 19.1. The van der Waals surface area contributed by atoms with Crippen molar-refractivity contribution >= 4 is 0 Å². The maximum atomic E-state index is 14.1. The zero-order chi connectivity index (χ0) is 17.8. The first-order valence-corrected chi connectivity index (χ1v) is 8.74. The Morgan fingerprint density at radius 1 is 1.40 bits per heavy atom. The summed E-state index contributed by atoms with van der Waals surface area (Å²) in [5, 5.41) is 0. The molecule has 1 N–H and O–H groups in total. The first kappa shape index (κ1) is 17.6. The number of benzene rings is 1. The van der Waals surface area contributed by atoms with Gasteiger partial charge in [-0.1, -0.05) is 6.92 Å². The highest BCUT2D eigenvalue weighted by Gasteiger charge is 2.24. The first-order valence-electron chi connectivity index (χ1n) is 8.74. The van der Waals surface area contributed by atoms with E-state index in [4.69, 9.17) is 4.74 Å². The van der Waals surface area contributed by atoms with Gasteiger partial charge in [0.15, 0.2) is 0 Å². The van der Waals surface area contributed by atoms with E-state index in [1.807, 2.05) is 6.92 Å². The molecule has 0 amide bonds. The van der Waals surface area contributed by atoms with Crippen molar-refractivity contribution in [2.75, 3.05) is 20.2 Å². The Kier molecular flexibility index (Phi) is 5.48. The second-order valence-electron chi connectivity index (χ2n) is 6.51. The van der Waals surface area contributed by atoms with E-state index in [0.29, 0.717) is 17.9 Å². The molecule has 134 valence electrons. The number of halogens is 1. The number of aromatic amines is 1.